The van der Waals surface area contributed by atoms with Gasteiger partial charge >= 0.3 is 0 Å². The lowest BCUT2D eigenvalue weighted by molar-refractivity contribution is 0.0950. The quantitative estimate of drug-likeness (QED) is 0.848. The number of sulfone groups is 1. The number of hydrogen-bond donors (Lipinski definition) is 2. The normalized spacial score (nSPS) is 24.3. The third-order valence-electron chi connectivity index (χ3n) is 3.52. The largest absolute Gasteiger partial charge is 0.380 e. The lowest BCUT2D eigenvalue weighted by Crippen LogP contribution is -2.26. The number of pyridine rings is 1. The molecule has 1 aliphatic carbocycles. The van der Waals surface area contributed by atoms with Crippen LogP contribution in [-0.2, 0) is 9.84 Å². The number of carbonyl (C=O) groups is 1. The number of amides is 1. The van der Waals surface area contributed by atoms with Crippen molar-refractivity contribution in [1.29, 1.82) is 0 Å². The molecular weight excluding hydrogens is 278 g/mol. The molecule has 1 saturated carbocycles. The Labute approximate surface area is 117 Å². The van der Waals surface area contributed by atoms with Crippen molar-refractivity contribution >= 4 is 21.4 Å². The van der Waals surface area contributed by atoms with Crippen LogP contribution in [0.2, 0.25) is 0 Å². The van der Waals surface area contributed by atoms with E-state index < -0.39 is 9.84 Å². The van der Waals surface area contributed by atoms with Crippen LogP contribution in [0.1, 0.15) is 29.6 Å². The topological polar surface area (TPSA) is 88.2 Å². The van der Waals surface area contributed by atoms with E-state index in [9.17, 15) is 13.2 Å². The summed E-state index contributed by atoms with van der Waals surface area (Å²) in [7, 11) is -2.91. The van der Waals surface area contributed by atoms with Crippen LogP contribution in [0.25, 0.3) is 0 Å². The summed E-state index contributed by atoms with van der Waals surface area (Å²) in [6.45, 7) is 0. The van der Waals surface area contributed by atoms with Gasteiger partial charge in [0.15, 0.2) is 9.84 Å². The zero-order chi connectivity index (χ0) is 14.2. The molecule has 1 aromatic rings. The van der Waals surface area contributed by atoms with Gasteiger partial charge in [0.25, 0.3) is 5.91 Å². The van der Waals surface area contributed by atoms with Crippen molar-refractivity contribution in [2.45, 2.75) is 31.3 Å². The van der Waals surface area contributed by atoms with E-state index in [0.29, 0.717) is 23.7 Å². The molecule has 108 valence electrons. The minimum atomic E-state index is -2.91. The first-order valence-electron chi connectivity index (χ1n) is 6.75. The van der Waals surface area contributed by atoms with Crippen molar-refractivity contribution in [3.8, 4) is 0 Å². The molecule has 0 aromatic carbocycles. The molecule has 7 heteroatoms. The SMILES string of the molecule is O=C(NC1CC1)c1cncc(NC2CCS(=O)(=O)C2)c1. The van der Waals surface area contributed by atoms with Gasteiger partial charge in [-0.05, 0) is 25.3 Å². The summed E-state index contributed by atoms with van der Waals surface area (Å²) in [6, 6.07) is 1.93. The standard InChI is InChI=1S/C13H17N3O3S/c17-13(16-10-1-2-10)9-5-12(7-14-6-9)15-11-3-4-20(18,19)8-11/h5-7,10-11,15H,1-4,8H2,(H,16,17). The summed E-state index contributed by atoms with van der Waals surface area (Å²) in [5.41, 5.74) is 1.19. The van der Waals surface area contributed by atoms with E-state index in [1.165, 1.54) is 6.20 Å². The average Bonchev–Trinajstić information content (AvgIpc) is 3.14. The van der Waals surface area contributed by atoms with E-state index in [1.54, 1.807) is 12.3 Å². The molecule has 1 aromatic heterocycles. The number of carbonyl (C=O) groups excluding carboxylic acids is 1. The summed E-state index contributed by atoms with van der Waals surface area (Å²) < 4.78 is 22.8. The smallest absolute Gasteiger partial charge is 0.253 e. The first-order chi connectivity index (χ1) is 9.52. The van der Waals surface area contributed by atoms with Gasteiger partial charge < -0.3 is 10.6 Å². The second kappa shape index (κ2) is 5.05. The highest BCUT2D eigenvalue weighted by Crippen LogP contribution is 2.20. The van der Waals surface area contributed by atoms with Gasteiger partial charge in [-0.2, -0.15) is 0 Å². The molecule has 0 radical (unpaired) electrons. The molecule has 20 heavy (non-hydrogen) atoms. The second-order valence-electron chi connectivity index (χ2n) is 5.45. The van der Waals surface area contributed by atoms with Crippen molar-refractivity contribution < 1.29 is 13.2 Å². The number of aromatic nitrogens is 1. The summed E-state index contributed by atoms with van der Waals surface area (Å²) in [6.07, 6.45) is 5.81. The highest BCUT2D eigenvalue weighted by molar-refractivity contribution is 7.91. The molecule has 1 atom stereocenters. The van der Waals surface area contributed by atoms with Crippen molar-refractivity contribution in [2.75, 3.05) is 16.8 Å². The minimum Gasteiger partial charge on any atom is -0.380 e. The third-order valence-corrected chi connectivity index (χ3v) is 5.28. The molecule has 1 unspecified atom stereocenters. The van der Waals surface area contributed by atoms with Crippen LogP contribution in [0, 0.1) is 0 Å². The number of nitrogens with zero attached hydrogens (tertiary/aromatic N) is 1. The maximum Gasteiger partial charge on any atom is 0.253 e. The highest BCUT2D eigenvalue weighted by Gasteiger charge is 2.28. The van der Waals surface area contributed by atoms with Crippen LogP contribution < -0.4 is 10.6 Å². The Morgan fingerprint density at radius 2 is 2.00 bits per heavy atom. The van der Waals surface area contributed by atoms with Crippen LogP contribution in [0.3, 0.4) is 0 Å². The van der Waals surface area contributed by atoms with Gasteiger partial charge in [-0.15, -0.1) is 0 Å². The average molecular weight is 295 g/mol. The highest BCUT2D eigenvalue weighted by atomic mass is 32.2. The molecule has 6 nitrogen and oxygen atoms in total. The Hall–Kier alpha value is -1.63. The van der Waals surface area contributed by atoms with Crippen LogP contribution in [0.15, 0.2) is 18.5 Å². The fourth-order valence-corrected chi connectivity index (χ4v) is 3.96. The summed E-state index contributed by atoms with van der Waals surface area (Å²) in [4.78, 5) is 16.0. The maximum absolute atomic E-state index is 11.9. The van der Waals surface area contributed by atoms with Gasteiger partial charge in [-0.1, -0.05) is 0 Å². The van der Waals surface area contributed by atoms with Crippen molar-refractivity contribution in [3.63, 3.8) is 0 Å². The molecule has 1 aliphatic heterocycles. The van der Waals surface area contributed by atoms with E-state index in [2.05, 4.69) is 15.6 Å². The van der Waals surface area contributed by atoms with Crippen LogP contribution in [0.4, 0.5) is 5.69 Å². The molecule has 2 fully saturated rings. The Morgan fingerprint density at radius 1 is 1.20 bits per heavy atom. The van der Waals surface area contributed by atoms with Crippen LogP contribution in [0.5, 0.6) is 0 Å². The molecule has 2 heterocycles. The van der Waals surface area contributed by atoms with Gasteiger partial charge in [0.2, 0.25) is 0 Å². The van der Waals surface area contributed by atoms with Gasteiger partial charge in [0, 0.05) is 24.5 Å². The second-order valence-corrected chi connectivity index (χ2v) is 7.68. The van der Waals surface area contributed by atoms with Crippen molar-refractivity contribution in [1.82, 2.24) is 10.3 Å². The molecule has 2 aliphatic rings. The summed E-state index contributed by atoms with van der Waals surface area (Å²) in [5, 5.41) is 6.04. The van der Waals surface area contributed by atoms with E-state index in [1.807, 2.05) is 0 Å². The Kier molecular flexibility index (Phi) is 3.37. The predicted octanol–water partition coefficient (Wildman–Crippen LogP) is 0.573. The Morgan fingerprint density at radius 3 is 2.65 bits per heavy atom. The van der Waals surface area contributed by atoms with E-state index in [4.69, 9.17) is 0 Å². The summed E-state index contributed by atoms with van der Waals surface area (Å²) >= 11 is 0. The van der Waals surface area contributed by atoms with Crippen LogP contribution >= 0.6 is 0 Å². The minimum absolute atomic E-state index is 0.0939. The zero-order valence-corrected chi connectivity index (χ0v) is 11.8. The molecular formula is C13H17N3O3S. The fourth-order valence-electron chi connectivity index (χ4n) is 2.28. The molecule has 0 bridgehead atoms. The lowest BCUT2D eigenvalue weighted by Gasteiger charge is -2.12. The summed E-state index contributed by atoms with van der Waals surface area (Å²) in [5.74, 6) is 0.244. The van der Waals surface area contributed by atoms with Gasteiger partial charge in [-0.25, -0.2) is 8.42 Å². The Bertz CT molecular complexity index is 626. The first kappa shape index (κ1) is 13.4. The van der Waals surface area contributed by atoms with Crippen molar-refractivity contribution in [2.24, 2.45) is 0 Å². The Balaban J connectivity index is 1.66. The van der Waals surface area contributed by atoms with E-state index in [0.717, 1.165) is 12.8 Å². The maximum atomic E-state index is 11.9. The molecule has 0 spiro atoms. The first-order valence-corrected chi connectivity index (χ1v) is 8.57. The number of rotatable bonds is 4. The van der Waals surface area contributed by atoms with Gasteiger partial charge in [0.05, 0.1) is 22.8 Å². The molecule has 1 amide bonds. The van der Waals surface area contributed by atoms with E-state index >= 15 is 0 Å². The van der Waals surface area contributed by atoms with E-state index in [-0.39, 0.29) is 23.5 Å². The predicted molar refractivity (Wildman–Crippen MR) is 75.4 cm³/mol. The van der Waals surface area contributed by atoms with Crippen LogP contribution in [-0.4, -0.2) is 42.9 Å². The lowest BCUT2D eigenvalue weighted by atomic mass is 10.2. The number of anilines is 1. The fraction of sp³-hybridized carbons (Fsp3) is 0.538. The molecule has 1 saturated heterocycles. The van der Waals surface area contributed by atoms with Gasteiger partial charge in [-0.3, -0.25) is 9.78 Å². The third kappa shape index (κ3) is 3.27. The number of hydrogen-bond acceptors (Lipinski definition) is 5. The molecule has 3 rings (SSSR count). The van der Waals surface area contributed by atoms with Gasteiger partial charge in [0.1, 0.15) is 0 Å². The zero-order valence-electron chi connectivity index (χ0n) is 11.0. The number of nitrogens with one attached hydrogen (secondary N) is 2. The monoisotopic (exact) mass is 295 g/mol. The van der Waals surface area contributed by atoms with Crippen molar-refractivity contribution in [3.05, 3.63) is 24.0 Å². The molecule has 2 N–H and O–H groups in total.